The zero-order valence-electron chi connectivity index (χ0n) is 11.9. The van der Waals surface area contributed by atoms with E-state index in [0.717, 1.165) is 30.9 Å². The lowest BCUT2D eigenvalue weighted by atomic mass is 10.0. The maximum atomic E-state index is 12.3. The Bertz CT molecular complexity index is 463. The third kappa shape index (κ3) is 2.87. The molecule has 1 amide bonds. The maximum absolute atomic E-state index is 12.3. The van der Waals surface area contributed by atoms with E-state index < -0.39 is 0 Å². The average molecular weight is 295 g/mol. The Kier molecular flexibility index (Phi) is 4.33. The van der Waals surface area contributed by atoms with Gasteiger partial charge in [0.15, 0.2) is 0 Å². The summed E-state index contributed by atoms with van der Waals surface area (Å²) in [6.45, 7) is 2.66. The first-order valence-electron chi connectivity index (χ1n) is 7.26. The summed E-state index contributed by atoms with van der Waals surface area (Å²) in [7, 11) is 1.63. The van der Waals surface area contributed by atoms with Gasteiger partial charge in [0.05, 0.1) is 18.8 Å². The normalized spacial score (nSPS) is 22.9. The van der Waals surface area contributed by atoms with E-state index in [0.29, 0.717) is 13.2 Å². The van der Waals surface area contributed by atoms with Gasteiger partial charge < -0.3 is 15.0 Å². The second-order valence-electron chi connectivity index (χ2n) is 5.41. The van der Waals surface area contributed by atoms with Crippen molar-refractivity contribution in [2.24, 2.45) is 0 Å². The number of hydrogen-bond acceptors (Lipinski definition) is 5. The predicted octanol–water partition coefficient (Wildman–Crippen LogP) is 0.969. The maximum Gasteiger partial charge on any atom is 0.242 e. The molecule has 2 heterocycles. The molecule has 1 aliphatic heterocycles. The molecular weight excluding hydrogens is 274 g/mol. The lowest BCUT2D eigenvalue weighted by Gasteiger charge is -2.32. The highest BCUT2D eigenvalue weighted by molar-refractivity contribution is 7.11. The van der Waals surface area contributed by atoms with Crippen LogP contribution in [0.4, 0.5) is 0 Å². The summed E-state index contributed by atoms with van der Waals surface area (Å²) in [6, 6.07) is -0.205. The molecule has 6 heteroatoms. The van der Waals surface area contributed by atoms with E-state index in [4.69, 9.17) is 9.72 Å². The van der Waals surface area contributed by atoms with Crippen LogP contribution in [0.5, 0.6) is 0 Å². The molecule has 1 aliphatic carbocycles. The predicted molar refractivity (Wildman–Crippen MR) is 77.8 cm³/mol. The number of hydrogen-bond donors (Lipinski definition) is 1. The fourth-order valence-electron chi connectivity index (χ4n) is 2.88. The van der Waals surface area contributed by atoms with E-state index in [9.17, 15) is 4.79 Å². The van der Waals surface area contributed by atoms with Crippen LogP contribution in [-0.4, -0.2) is 48.6 Å². The van der Waals surface area contributed by atoms with Gasteiger partial charge in [-0.2, -0.15) is 0 Å². The van der Waals surface area contributed by atoms with Crippen molar-refractivity contribution in [2.45, 2.75) is 38.3 Å². The van der Waals surface area contributed by atoms with E-state index in [-0.39, 0.29) is 11.9 Å². The topological polar surface area (TPSA) is 54.5 Å². The third-order valence-electron chi connectivity index (χ3n) is 3.93. The number of aryl methyl sites for hydroxylation is 2. The highest BCUT2D eigenvalue weighted by Crippen LogP contribution is 2.27. The Morgan fingerprint density at radius 2 is 2.30 bits per heavy atom. The van der Waals surface area contributed by atoms with Crippen LogP contribution < -0.4 is 5.32 Å². The highest BCUT2D eigenvalue weighted by atomic mass is 32.1. The molecule has 110 valence electrons. The standard InChI is InChI=1S/C14H21N3O2S/c1-19-9-11-14(18)17(7-6-15-11)8-13-16-10-4-2-3-5-12(10)20-13/h11,15H,2-9H2,1H3. The molecule has 1 atom stereocenters. The molecule has 0 aromatic carbocycles. The fraction of sp³-hybridized carbons (Fsp3) is 0.714. The zero-order valence-corrected chi connectivity index (χ0v) is 12.7. The van der Waals surface area contributed by atoms with Gasteiger partial charge in [-0.25, -0.2) is 4.98 Å². The number of carbonyl (C=O) groups excluding carboxylic acids is 1. The van der Waals surface area contributed by atoms with Gasteiger partial charge in [-0.3, -0.25) is 4.79 Å². The molecule has 1 N–H and O–H groups in total. The van der Waals surface area contributed by atoms with Gasteiger partial charge in [0.2, 0.25) is 5.91 Å². The van der Waals surface area contributed by atoms with Crippen LogP contribution in [0.1, 0.15) is 28.4 Å². The van der Waals surface area contributed by atoms with Crippen molar-refractivity contribution in [3.05, 3.63) is 15.6 Å². The Balaban J connectivity index is 1.67. The van der Waals surface area contributed by atoms with Crippen LogP contribution in [0.15, 0.2) is 0 Å². The molecule has 1 aromatic heterocycles. The van der Waals surface area contributed by atoms with E-state index in [1.807, 2.05) is 4.90 Å². The van der Waals surface area contributed by atoms with E-state index >= 15 is 0 Å². The van der Waals surface area contributed by atoms with E-state index in [1.165, 1.54) is 23.4 Å². The van der Waals surface area contributed by atoms with Crippen LogP contribution in [-0.2, 0) is 28.9 Å². The van der Waals surface area contributed by atoms with Gasteiger partial charge in [0.1, 0.15) is 11.0 Å². The number of rotatable bonds is 4. The second kappa shape index (κ2) is 6.20. The number of ether oxygens (including phenoxy) is 1. The molecule has 0 spiro atoms. The summed E-state index contributed by atoms with van der Waals surface area (Å²) in [4.78, 5) is 20.4. The van der Waals surface area contributed by atoms with Gasteiger partial charge in [0, 0.05) is 25.1 Å². The molecule has 1 fully saturated rings. The Hall–Kier alpha value is -0.980. The van der Waals surface area contributed by atoms with Gasteiger partial charge in [-0.05, 0) is 25.7 Å². The average Bonchev–Trinajstić information content (AvgIpc) is 2.86. The highest BCUT2D eigenvalue weighted by Gasteiger charge is 2.29. The fourth-order valence-corrected chi connectivity index (χ4v) is 4.05. The van der Waals surface area contributed by atoms with Crippen molar-refractivity contribution < 1.29 is 9.53 Å². The number of piperazine rings is 1. The number of fused-ring (bicyclic) bond motifs is 1. The van der Waals surface area contributed by atoms with Crippen LogP contribution in [0, 0.1) is 0 Å². The second-order valence-corrected chi connectivity index (χ2v) is 6.57. The van der Waals surface area contributed by atoms with E-state index in [1.54, 1.807) is 18.4 Å². The molecule has 1 unspecified atom stereocenters. The van der Waals surface area contributed by atoms with Gasteiger partial charge >= 0.3 is 0 Å². The quantitative estimate of drug-likeness (QED) is 0.899. The number of nitrogens with zero attached hydrogens (tertiary/aromatic N) is 2. The first kappa shape index (κ1) is 14.0. The summed E-state index contributed by atoms with van der Waals surface area (Å²) in [5.74, 6) is 0.131. The van der Waals surface area contributed by atoms with Crippen LogP contribution in [0.25, 0.3) is 0 Å². The molecule has 0 bridgehead atoms. The zero-order chi connectivity index (χ0) is 13.9. The first-order chi connectivity index (χ1) is 9.78. The van der Waals surface area contributed by atoms with Crippen molar-refractivity contribution in [3.63, 3.8) is 0 Å². The minimum atomic E-state index is -0.205. The minimum absolute atomic E-state index is 0.131. The van der Waals surface area contributed by atoms with Crippen molar-refractivity contribution >= 4 is 17.2 Å². The smallest absolute Gasteiger partial charge is 0.242 e. The number of thiazole rings is 1. The summed E-state index contributed by atoms with van der Waals surface area (Å²) in [6.07, 6.45) is 4.79. The lowest BCUT2D eigenvalue weighted by Crippen LogP contribution is -2.56. The molecule has 5 nitrogen and oxygen atoms in total. The molecule has 3 rings (SSSR count). The summed E-state index contributed by atoms with van der Waals surface area (Å²) >= 11 is 1.79. The molecule has 0 radical (unpaired) electrons. The monoisotopic (exact) mass is 295 g/mol. The molecule has 2 aliphatic rings. The third-order valence-corrected chi connectivity index (χ3v) is 5.07. The number of carbonyl (C=O) groups is 1. The molecular formula is C14H21N3O2S. The van der Waals surface area contributed by atoms with Gasteiger partial charge in [0.25, 0.3) is 0 Å². The molecule has 20 heavy (non-hydrogen) atoms. The lowest BCUT2D eigenvalue weighted by molar-refractivity contribution is -0.137. The number of methoxy groups -OCH3 is 1. The SMILES string of the molecule is COCC1NCCN(Cc2nc3c(s2)CCCC3)C1=O. The minimum Gasteiger partial charge on any atom is -0.383 e. The molecule has 0 saturated carbocycles. The van der Waals surface area contributed by atoms with E-state index in [2.05, 4.69) is 5.32 Å². The Morgan fingerprint density at radius 3 is 3.10 bits per heavy atom. The van der Waals surface area contributed by atoms with Gasteiger partial charge in [-0.15, -0.1) is 11.3 Å². The van der Waals surface area contributed by atoms with Crippen molar-refractivity contribution in [1.29, 1.82) is 0 Å². The van der Waals surface area contributed by atoms with Crippen LogP contribution in [0.3, 0.4) is 0 Å². The van der Waals surface area contributed by atoms with Crippen LogP contribution in [0.2, 0.25) is 0 Å². The Labute approximate surface area is 123 Å². The summed E-state index contributed by atoms with van der Waals surface area (Å²) in [5.41, 5.74) is 1.27. The van der Waals surface area contributed by atoms with Crippen molar-refractivity contribution in [2.75, 3.05) is 26.8 Å². The van der Waals surface area contributed by atoms with Gasteiger partial charge in [-0.1, -0.05) is 0 Å². The summed E-state index contributed by atoms with van der Waals surface area (Å²) in [5, 5.41) is 4.29. The largest absolute Gasteiger partial charge is 0.383 e. The van der Waals surface area contributed by atoms with Crippen molar-refractivity contribution in [3.8, 4) is 0 Å². The number of nitrogens with one attached hydrogen (secondary N) is 1. The Morgan fingerprint density at radius 1 is 1.45 bits per heavy atom. The first-order valence-corrected chi connectivity index (χ1v) is 8.08. The van der Waals surface area contributed by atoms with Crippen LogP contribution >= 0.6 is 11.3 Å². The van der Waals surface area contributed by atoms with Crippen molar-refractivity contribution in [1.82, 2.24) is 15.2 Å². The number of aromatic nitrogens is 1. The molecule has 1 aromatic rings. The summed E-state index contributed by atoms with van der Waals surface area (Å²) < 4.78 is 5.09. The molecule has 1 saturated heterocycles. The number of amides is 1.